The van der Waals surface area contributed by atoms with Gasteiger partial charge >= 0.3 is 0 Å². The monoisotopic (exact) mass is 180 g/mol. The van der Waals surface area contributed by atoms with E-state index >= 15 is 0 Å². The predicted molar refractivity (Wildman–Crippen MR) is 56.5 cm³/mol. The summed E-state index contributed by atoms with van der Waals surface area (Å²) in [5.74, 6) is 1.46. The highest BCUT2D eigenvalue weighted by molar-refractivity contribution is 5.01. The summed E-state index contributed by atoms with van der Waals surface area (Å²) < 4.78 is 5.47. The molecule has 0 radical (unpaired) electrons. The van der Waals surface area contributed by atoms with Gasteiger partial charge in [-0.2, -0.15) is 0 Å². The van der Waals surface area contributed by atoms with E-state index in [4.69, 9.17) is 4.74 Å². The number of allylic oxidation sites excluding steroid dienone is 1. The van der Waals surface area contributed by atoms with Crippen LogP contribution in [0, 0.1) is 5.92 Å². The molecule has 1 aliphatic carbocycles. The van der Waals surface area contributed by atoms with Gasteiger partial charge in [0, 0.05) is 0 Å². The first-order valence-corrected chi connectivity index (χ1v) is 5.27. The van der Waals surface area contributed by atoms with Crippen LogP contribution in [0.25, 0.3) is 0 Å². The smallest absolute Gasteiger partial charge is 0.111 e. The van der Waals surface area contributed by atoms with Gasteiger partial charge in [-0.15, -0.1) is 0 Å². The van der Waals surface area contributed by atoms with Crippen LogP contribution in [-0.2, 0) is 4.74 Å². The highest BCUT2D eigenvalue weighted by atomic mass is 16.5. The second kappa shape index (κ2) is 5.85. The molecule has 0 atom stereocenters. The van der Waals surface area contributed by atoms with Gasteiger partial charge in [0.2, 0.25) is 0 Å². The van der Waals surface area contributed by atoms with Gasteiger partial charge in [-0.1, -0.05) is 38.8 Å². The Labute approximate surface area is 81.5 Å². The number of rotatable bonds is 4. The third-order valence-corrected chi connectivity index (χ3v) is 2.71. The normalized spacial score (nSPS) is 19.1. The number of hydrogen-bond donors (Lipinski definition) is 0. The van der Waals surface area contributed by atoms with E-state index in [1.807, 2.05) is 0 Å². The van der Waals surface area contributed by atoms with Gasteiger partial charge in [0.15, 0.2) is 0 Å². The maximum atomic E-state index is 5.47. The summed E-state index contributed by atoms with van der Waals surface area (Å²) in [6.45, 7) is 8.20. The number of ether oxygens (including phenoxy) is 1. The van der Waals surface area contributed by atoms with Crippen molar-refractivity contribution in [1.82, 2.24) is 0 Å². The summed E-state index contributed by atoms with van der Waals surface area (Å²) in [4.78, 5) is 0. The Balaban J connectivity index is 2.18. The van der Waals surface area contributed by atoms with Crippen LogP contribution in [0.3, 0.4) is 0 Å². The third kappa shape index (κ3) is 4.16. The summed E-state index contributed by atoms with van der Waals surface area (Å²) in [7, 11) is 0. The first-order chi connectivity index (χ1) is 6.33. The molecule has 0 saturated heterocycles. The van der Waals surface area contributed by atoms with Crippen LogP contribution in [0.4, 0.5) is 0 Å². The van der Waals surface area contributed by atoms with Crippen LogP contribution in [-0.4, -0.2) is 6.61 Å². The summed E-state index contributed by atoms with van der Waals surface area (Å²) in [6.07, 6.45) is 9.87. The molecule has 0 aromatic carbocycles. The van der Waals surface area contributed by atoms with Gasteiger partial charge in [-0.25, -0.2) is 0 Å². The van der Waals surface area contributed by atoms with Gasteiger partial charge in [0.1, 0.15) is 5.76 Å². The van der Waals surface area contributed by atoms with Crippen molar-refractivity contribution in [3.05, 3.63) is 25.0 Å². The van der Waals surface area contributed by atoms with E-state index in [0.29, 0.717) is 5.76 Å². The highest BCUT2D eigenvalue weighted by Gasteiger charge is 2.12. The Hall–Kier alpha value is -0.720. The SMILES string of the molecule is C=CC(=C)OCC1CCCCCC1. The Morgan fingerprint density at radius 2 is 1.85 bits per heavy atom. The zero-order valence-electron chi connectivity index (χ0n) is 8.43. The number of hydrogen-bond acceptors (Lipinski definition) is 1. The lowest BCUT2D eigenvalue weighted by atomic mass is 10.0. The van der Waals surface area contributed by atoms with Gasteiger partial charge in [0.05, 0.1) is 6.61 Å². The molecule has 0 aliphatic heterocycles. The molecule has 0 bridgehead atoms. The van der Waals surface area contributed by atoms with Crippen LogP contribution >= 0.6 is 0 Å². The topological polar surface area (TPSA) is 9.23 Å². The second-order valence-corrected chi connectivity index (χ2v) is 3.84. The molecule has 0 unspecified atom stereocenters. The predicted octanol–water partition coefficient (Wildman–Crippen LogP) is 3.67. The summed E-state index contributed by atoms with van der Waals surface area (Å²) in [6, 6.07) is 0. The summed E-state index contributed by atoms with van der Waals surface area (Å²) >= 11 is 0. The van der Waals surface area contributed by atoms with E-state index in [0.717, 1.165) is 12.5 Å². The molecule has 0 N–H and O–H groups in total. The molecule has 0 aromatic rings. The third-order valence-electron chi connectivity index (χ3n) is 2.71. The van der Waals surface area contributed by atoms with Crippen molar-refractivity contribution in [3.63, 3.8) is 0 Å². The molecule has 1 aliphatic rings. The van der Waals surface area contributed by atoms with E-state index in [2.05, 4.69) is 13.2 Å². The molecule has 0 spiro atoms. The van der Waals surface area contributed by atoms with Gasteiger partial charge in [-0.3, -0.25) is 0 Å². The van der Waals surface area contributed by atoms with Crippen LogP contribution in [0.1, 0.15) is 38.5 Å². The lowest BCUT2D eigenvalue weighted by molar-refractivity contribution is 0.166. The van der Waals surface area contributed by atoms with E-state index in [-0.39, 0.29) is 0 Å². The summed E-state index contributed by atoms with van der Waals surface area (Å²) in [5.41, 5.74) is 0. The Morgan fingerprint density at radius 1 is 1.23 bits per heavy atom. The van der Waals surface area contributed by atoms with Crippen molar-refractivity contribution in [2.24, 2.45) is 5.92 Å². The van der Waals surface area contributed by atoms with Crippen molar-refractivity contribution in [2.45, 2.75) is 38.5 Å². The average molecular weight is 180 g/mol. The summed E-state index contributed by atoms with van der Waals surface area (Å²) in [5, 5.41) is 0. The molecule has 1 saturated carbocycles. The van der Waals surface area contributed by atoms with Crippen LogP contribution in [0.2, 0.25) is 0 Å². The Bertz CT molecular complexity index is 164. The molecule has 1 rings (SSSR count). The zero-order chi connectivity index (χ0) is 9.52. The van der Waals surface area contributed by atoms with Gasteiger partial charge < -0.3 is 4.74 Å². The largest absolute Gasteiger partial charge is 0.494 e. The minimum Gasteiger partial charge on any atom is -0.494 e. The first kappa shape index (κ1) is 10.4. The van der Waals surface area contributed by atoms with Crippen molar-refractivity contribution in [1.29, 1.82) is 0 Å². The molecule has 13 heavy (non-hydrogen) atoms. The van der Waals surface area contributed by atoms with Crippen LogP contribution in [0.15, 0.2) is 25.0 Å². The fraction of sp³-hybridized carbons (Fsp3) is 0.667. The lowest BCUT2D eigenvalue weighted by Crippen LogP contribution is -2.07. The molecule has 1 heteroatoms. The molecule has 0 aromatic heterocycles. The molecule has 1 nitrogen and oxygen atoms in total. The maximum absolute atomic E-state index is 5.47. The van der Waals surface area contributed by atoms with Crippen molar-refractivity contribution in [3.8, 4) is 0 Å². The van der Waals surface area contributed by atoms with E-state index in [9.17, 15) is 0 Å². The zero-order valence-corrected chi connectivity index (χ0v) is 8.43. The van der Waals surface area contributed by atoms with Crippen molar-refractivity contribution in [2.75, 3.05) is 6.61 Å². The molecule has 74 valence electrons. The molecule has 0 amide bonds. The first-order valence-electron chi connectivity index (χ1n) is 5.27. The molecule has 1 fully saturated rings. The minimum absolute atomic E-state index is 0.712. The molecular weight excluding hydrogens is 160 g/mol. The quantitative estimate of drug-likeness (QED) is 0.364. The highest BCUT2D eigenvalue weighted by Crippen LogP contribution is 2.23. The lowest BCUT2D eigenvalue weighted by Gasteiger charge is -2.14. The second-order valence-electron chi connectivity index (χ2n) is 3.84. The minimum atomic E-state index is 0.712. The standard InChI is InChI=1S/C12H20O/c1-3-11(2)13-10-12-8-6-4-5-7-9-12/h3,12H,1-2,4-10H2. The van der Waals surface area contributed by atoms with E-state index < -0.39 is 0 Å². The van der Waals surface area contributed by atoms with Crippen LogP contribution < -0.4 is 0 Å². The van der Waals surface area contributed by atoms with E-state index in [1.54, 1.807) is 6.08 Å². The maximum Gasteiger partial charge on any atom is 0.111 e. The fourth-order valence-corrected chi connectivity index (χ4v) is 1.81. The Morgan fingerprint density at radius 3 is 2.38 bits per heavy atom. The van der Waals surface area contributed by atoms with Crippen molar-refractivity contribution < 1.29 is 4.74 Å². The fourth-order valence-electron chi connectivity index (χ4n) is 1.81. The average Bonchev–Trinajstić information content (AvgIpc) is 2.42. The molecular formula is C12H20O. The molecule has 0 heterocycles. The van der Waals surface area contributed by atoms with Gasteiger partial charge in [0.25, 0.3) is 0 Å². The Kier molecular flexibility index (Phi) is 4.66. The van der Waals surface area contributed by atoms with Crippen molar-refractivity contribution >= 4 is 0 Å². The van der Waals surface area contributed by atoms with E-state index in [1.165, 1.54) is 38.5 Å². The van der Waals surface area contributed by atoms with Crippen LogP contribution in [0.5, 0.6) is 0 Å². The van der Waals surface area contributed by atoms with Gasteiger partial charge in [-0.05, 0) is 24.8 Å².